The zero-order valence-corrected chi connectivity index (χ0v) is 11.2. The van der Waals surface area contributed by atoms with E-state index in [2.05, 4.69) is 15.3 Å². The quantitative estimate of drug-likeness (QED) is 0.739. The average molecular weight is 288 g/mol. The summed E-state index contributed by atoms with van der Waals surface area (Å²) in [5.74, 6) is -0.492. The molecule has 2 aromatic heterocycles. The summed E-state index contributed by atoms with van der Waals surface area (Å²) in [6, 6.07) is 10.5. The third kappa shape index (κ3) is 2.56. The number of nitrogens with zero attached hydrogens (tertiary/aromatic N) is 2. The highest BCUT2D eigenvalue weighted by Gasteiger charge is 2.05. The molecule has 0 atom stereocenters. The maximum absolute atomic E-state index is 12.7. The van der Waals surface area contributed by atoms with E-state index in [1.165, 1.54) is 12.3 Å². The Hall–Kier alpha value is -2.20. The third-order valence-corrected chi connectivity index (χ3v) is 3.34. The van der Waals surface area contributed by atoms with Crippen LogP contribution in [-0.2, 0) is 6.54 Å². The van der Waals surface area contributed by atoms with E-state index < -0.39 is 5.95 Å². The molecule has 0 fully saturated rings. The Balaban J connectivity index is 1.88. The molecule has 0 saturated heterocycles. The lowest BCUT2D eigenvalue weighted by Gasteiger charge is -2.09. The van der Waals surface area contributed by atoms with Crippen LogP contribution < -0.4 is 5.32 Å². The average Bonchev–Trinajstić information content (AvgIpc) is 2.49. The van der Waals surface area contributed by atoms with Crippen molar-refractivity contribution in [2.24, 2.45) is 0 Å². The van der Waals surface area contributed by atoms with Gasteiger partial charge in [0.15, 0.2) is 0 Å². The first-order chi connectivity index (χ1) is 9.74. The van der Waals surface area contributed by atoms with Crippen molar-refractivity contribution < 1.29 is 4.39 Å². The number of nitrogens with one attached hydrogen (secondary N) is 1. The number of pyridine rings is 2. The van der Waals surface area contributed by atoms with Crippen molar-refractivity contribution in [3.8, 4) is 0 Å². The van der Waals surface area contributed by atoms with Crippen LogP contribution in [-0.4, -0.2) is 9.97 Å². The van der Waals surface area contributed by atoms with Crippen LogP contribution in [0.3, 0.4) is 0 Å². The van der Waals surface area contributed by atoms with Gasteiger partial charge in [0.1, 0.15) is 0 Å². The Bertz CT molecular complexity index is 744. The summed E-state index contributed by atoms with van der Waals surface area (Å²) in [5, 5.41) is 4.79. The maximum atomic E-state index is 12.7. The Kier molecular flexibility index (Phi) is 3.48. The van der Waals surface area contributed by atoms with E-state index in [0.29, 0.717) is 11.6 Å². The molecule has 3 aromatic rings. The van der Waals surface area contributed by atoms with Crippen LogP contribution in [0.2, 0.25) is 5.02 Å². The lowest BCUT2D eigenvalue weighted by molar-refractivity contribution is 0.584. The summed E-state index contributed by atoms with van der Waals surface area (Å²) in [7, 11) is 0. The molecule has 0 bridgehead atoms. The molecule has 0 radical (unpaired) electrons. The van der Waals surface area contributed by atoms with Gasteiger partial charge in [-0.05, 0) is 35.9 Å². The number of benzene rings is 1. The lowest BCUT2D eigenvalue weighted by Crippen LogP contribution is -2.01. The van der Waals surface area contributed by atoms with Gasteiger partial charge in [0.25, 0.3) is 0 Å². The number of hydrogen-bond donors (Lipinski definition) is 1. The monoisotopic (exact) mass is 287 g/mol. The minimum Gasteiger partial charge on any atom is -0.380 e. The third-order valence-electron chi connectivity index (χ3n) is 3.01. The Labute approximate surface area is 120 Å². The Morgan fingerprint density at radius 2 is 2.00 bits per heavy atom. The zero-order valence-electron chi connectivity index (χ0n) is 10.5. The molecule has 3 nitrogen and oxygen atoms in total. The predicted molar refractivity (Wildman–Crippen MR) is 78.3 cm³/mol. The van der Waals surface area contributed by atoms with Gasteiger partial charge in [0.05, 0.1) is 17.4 Å². The molecule has 5 heteroatoms. The first-order valence-corrected chi connectivity index (χ1v) is 6.49. The summed E-state index contributed by atoms with van der Waals surface area (Å²) in [6.45, 7) is 0.567. The van der Waals surface area contributed by atoms with Gasteiger partial charge in [-0.3, -0.25) is 4.98 Å². The minimum absolute atomic E-state index is 0.492. The van der Waals surface area contributed by atoms with Crippen LogP contribution >= 0.6 is 11.6 Å². The molecule has 1 aromatic carbocycles. The fourth-order valence-electron chi connectivity index (χ4n) is 2.02. The molecular weight excluding hydrogens is 277 g/mol. The van der Waals surface area contributed by atoms with E-state index in [1.807, 2.05) is 24.3 Å². The van der Waals surface area contributed by atoms with Crippen LogP contribution in [0.15, 0.2) is 48.8 Å². The standard InChI is InChI=1S/C15H11ClFN3/c16-13-5-3-10(15-12(13)2-1-7-18-15)8-19-11-4-6-14(17)20-9-11/h1-7,9,19H,8H2. The molecule has 0 aliphatic carbocycles. The molecule has 0 amide bonds. The molecule has 100 valence electrons. The minimum atomic E-state index is -0.492. The van der Waals surface area contributed by atoms with Crippen LogP contribution in [0.25, 0.3) is 10.9 Å². The first-order valence-electron chi connectivity index (χ1n) is 6.11. The number of aromatic nitrogens is 2. The van der Waals surface area contributed by atoms with E-state index in [1.54, 1.807) is 12.3 Å². The van der Waals surface area contributed by atoms with Gasteiger partial charge in [-0.25, -0.2) is 4.98 Å². The molecular formula is C15H11ClFN3. The topological polar surface area (TPSA) is 37.8 Å². The maximum Gasteiger partial charge on any atom is 0.212 e. The molecule has 0 saturated carbocycles. The highest BCUT2D eigenvalue weighted by Crippen LogP contribution is 2.25. The van der Waals surface area contributed by atoms with Gasteiger partial charge in [0.2, 0.25) is 5.95 Å². The van der Waals surface area contributed by atoms with Crippen molar-refractivity contribution in [2.75, 3.05) is 5.32 Å². The van der Waals surface area contributed by atoms with Crippen molar-refractivity contribution in [3.63, 3.8) is 0 Å². The smallest absolute Gasteiger partial charge is 0.212 e. The van der Waals surface area contributed by atoms with Gasteiger partial charge >= 0.3 is 0 Å². The summed E-state index contributed by atoms with van der Waals surface area (Å²) < 4.78 is 12.7. The fraction of sp³-hybridized carbons (Fsp3) is 0.0667. The summed E-state index contributed by atoms with van der Waals surface area (Å²) in [4.78, 5) is 7.97. The normalized spacial score (nSPS) is 10.7. The molecule has 0 aliphatic heterocycles. The number of anilines is 1. The molecule has 0 spiro atoms. The van der Waals surface area contributed by atoms with Crippen LogP contribution in [0, 0.1) is 5.95 Å². The van der Waals surface area contributed by atoms with Gasteiger partial charge < -0.3 is 5.32 Å². The second kappa shape index (κ2) is 5.43. The van der Waals surface area contributed by atoms with Crippen LogP contribution in [0.4, 0.5) is 10.1 Å². The first kappa shape index (κ1) is 12.8. The zero-order chi connectivity index (χ0) is 13.9. The molecule has 0 unspecified atom stereocenters. The SMILES string of the molecule is Fc1ccc(NCc2ccc(Cl)c3cccnc23)cn1. The number of fused-ring (bicyclic) bond motifs is 1. The molecule has 2 heterocycles. The molecule has 3 rings (SSSR count). The summed E-state index contributed by atoms with van der Waals surface area (Å²) >= 11 is 6.15. The van der Waals surface area contributed by atoms with E-state index in [-0.39, 0.29) is 0 Å². The largest absolute Gasteiger partial charge is 0.380 e. The predicted octanol–water partition coefficient (Wildman–Crippen LogP) is 4.03. The van der Waals surface area contributed by atoms with Crippen LogP contribution in [0.1, 0.15) is 5.56 Å². The molecule has 0 aliphatic rings. The second-order valence-corrected chi connectivity index (χ2v) is 4.74. The van der Waals surface area contributed by atoms with Crippen LogP contribution in [0.5, 0.6) is 0 Å². The molecule has 20 heavy (non-hydrogen) atoms. The number of rotatable bonds is 3. The number of hydrogen-bond acceptors (Lipinski definition) is 3. The second-order valence-electron chi connectivity index (χ2n) is 4.33. The summed E-state index contributed by atoms with van der Waals surface area (Å²) in [5.41, 5.74) is 2.64. The highest BCUT2D eigenvalue weighted by atomic mass is 35.5. The lowest BCUT2D eigenvalue weighted by atomic mass is 10.1. The van der Waals surface area contributed by atoms with Gasteiger partial charge in [0, 0.05) is 23.2 Å². The Morgan fingerprint density at radius 1 is 1.10 bits per heavy atom. The molecule has 1 N–H and O–H groups in total. The van der Waals surface area contributed by atoms with E-state index >= 15 is 0 Å². The highest BCUT2D eigenvalue weighted by molar-refractivity contribution is 6.35. The fourth-order valence-corrected chi connectivity index (χ4v) is 2.23. The number of halogens is 2. The van der Waals surface area contributed by atoms with Gasteiger partial charge in [-0.15, -0.1) is 0 Å². The van der Waals surface area contributed by atoms with E-state index in [0.717, 1.165) is 22.2 Å². The van der Waals surface area contributed by atoms with Gasteiger partial charge in [-0.2, -0.15) is 4.39 Å². The van der Waals surface area contributed by atoms with Gasteiger partial charge in [-0.1, -0.05) is 17.7 Å². The summed E-state index contributed by atoms with van der Waals surface area (Å²) in [6.07, 6.45) is 3.20. The van der Waals surface area contributed by atoms with Crippen molar-refractivity contribution in [1.29, 1.82) is 0 Å². The van der Waals surface area contributed by atoms with Crippen molar-refractivity contribution in [3.05, 3.63) is 65.3 Å². The van der Waals surface area contributed by atoms with E-state index in [9.17, 15) is 4.39 Å². The van der Waals surface area contributed by atoms with Crippen molar-refractivity contribution in [1.82, 2.24) is 9.97 Å². The Morgan fingerprint density at radius 3 is 2.80 bits per heavy atom. The van der Waals surface area contributed by atoms with Crippen molar-refractivity contribution >= 4 is 28.2 Å². The van der Waals surface area contributed by atoms with E-state index in [4.69, 9.17) is 11.6 Å². The van der Waals surface area contributed by atoms with Crippen molar-refractivity contribution in [2.45, 2.75) is 6.54 Å².